The molecule has 0 saturated carbocycles. The topological polar surface area (TPSA) is 67.4 Å². The van der Waals surface area contributed by atoms with Gasteiger partial charge in [-0.2, -0.15) is 5.26 Å². The molecule has 1 atom stereocenters. The molecule has 0 radical (unpaired) electrons. The molecule has 4 aromatic carbocycles. The van der Waals surface area contributed by atoms with E-state index in [2.05, 4.69) is 6.07 Å². The number of nitriles is 1. The first-order valence-corrected chi connectivity index (χ1v) is 12.7. The van der Waals surface area contributed by atoms with Gasteiger partial charge in [-0.1, -0.05) is 91.0 Å². The van der Waals surface area contributed by atoms with Crippen molar-refractivity contribution in [2.24, 2.45) is 4.99 Å². The summed E-state index contributed by atoms with van der Waals surface area (Å²) in [5.74, 6) is 0. The van der Waals surface area contributed by atoms with Crippen LogP contribution in [0.2, 0.25) is 0 Å². The SMILES string of the molecule is CC(C)(C)OC(=O)n1c2ccccc2c2ccc(CC(C#N)N=C(c3ccccc3)c3ccccc3)cc21. The van der Waals surface area contributed by atoms with E-state index in [0.29, 0.717) is 6.42 Å². The largest absolute Gasteiger partial charge is 0.443 e. The van der Waals surface area contributed by atoms with Crippen LogP contribution in [-0.2, 0) is 11.2 Å². The third-order valence-electron chi connectivity index (χ3n) is 6.27. The number of hydrogen-bond acceptors (Lipinski definition) is 4. The molecular formula is C33H29N3O2. The van der Waals surface area contributed by atoms with Crippen molar-refractivity contribution in [1.29, 1.82) is 5.26 Å². The minimum absolute atomic E-state index is 0.408. The Labute approximate surface area is 222 Å². The molecular weight excluding hydrogens is 470 g/mol. The van der Waals surface area contributed by atoms with E-state index in [1.165, 1.54) is 0 Å². The van der Waals surface area contributed by atoms with Crippen molar-refractivity contribution in [1.82, 2.24) is 4.57 Å². The lowest BCUT2D eigenvalue weighted by molar-refractivity contribution is 0.0551. The number of carbonyl (C=O) groups excluding carboxylic acids is 1. The average molecular weight is 500 g/mol. The van der Waals surface area contributed by atoms with Gasteiger partial charge in [0.25, 0.3) is 0 Å². The number of para-hydroxylation sites is 1. The Morgan fingerprint density at radius 3 is 2.03 bits per heavy atom. The number of aliphatic imine (C=N–C) groups is 1. The monoisotopic (exact) mass is 499 g/mol. The molecule has 0 saturated heterocycles. The number of carbonyl (C=O) groups is 1. The minimum atomic E-state index is -0.627. The van der Waals surface area contributed by atoms with Gasteiger partial charge < -0.3 is 4.74 Å². The van der Waals surface area contributed by atoms with Crippen LogP contribution in [0.25, 0.3) is 21.8 Å². The van der Waals surface area contributed by atoms with Crippen molar-refractivity contribution in [3.63, 3.8) is 0 Å². The first-order valence-electron chi connectivity index (χ1n) is 12.7. The van der Waals surface area contributed by atoms with Crippen LogP contribution in [0.4, 0.5) is 4.79 Å². The highest BCUT2D eigenvalue weighted by molar-refractivity contribution is 6.13. The number of benzene rings is 4. The standard InChI is InChI=1S/C33H29N3O2/c1-33(2,3)38-32(37)36-29-17-11-10-16-27(29)28-19-18-23(21-30(28)36)20-26(22-34)35-31(24-12-6-4-7-13-24)25-14-8-5-9-15-25/h4-19,21,26H,20H2,1-3H3. The third-order valence-corrected chi connectivity index (χ3v) is 6.27. The van der Waals surface area contributed by atoms with E-state index in [4.69, 9.17) is 9.73 Å². The molecule has 0 spiro atoms. The van der Waals surface area contributed by atoms with Crippen LogP contribution >= 0.6 is 0 Å². The maximum atomic E-state index is 13.3. The Balaban J connectivity index is 1.57. The molecule has 0 bridgehead atoms. The van der Waals surface area contributed by atoms with Crippen LogP contribution in [0.15, 0.2) is 108 Å². The van der Waals surface area contributed by atoms with Gasteiger partial charge in [0.2, 0.25) is 0 Å². The molecule has 0 aliphatic carbocycles. The molecule has 0 aliphatic heterocycles. The van der Waals surface area contributed by atoms with E-state index in [-0.39, 0.29) is 0 Å². The number of hydrogen-bond donors (Lipinski definition) is 0. The predicted octanol–water partition coefficient (Wildman–Crippen LogP) is 7.55. The zero-order valence-electron chi connectivity index (χ0n) is 21.8. The molecule has 5 heteroatoms. The fourth-order valence-corrected chi connectivity index (χ4v) is 4.65. The molecule has 0 N–H and O–H groups in total. The molecule has 1 aromatic heterocycles. The lowest BCUT2D eigenvalue weighted by Gasteiger charge is -2.20. The van der Waals surface area contributed by atoms with Crippen LogP contribution in [0.5, 0.6) is 0 Å². The Morgan fingerprint density at radius 1 is 0.842 bits per heavy atom. The number of rotatable bonds is 5. The van der Waals surface area contributed by atoms with Crippen molar-refractivity contribution < 1.29 is 9.53 Å². The molecule has 5 nitrogen and oxygen atoms in total. The van der Waals surface area contributed by atoms with Crippen molar-refractivity contribution >= 4 is 33.6 Å². The van der Waals surface area contributed by atoms with Gasteiger partial charge in [-0.15, -0.1) is 0 Å². The zero-order chi connectivity index (χ0) is 26.7. The molecule has 0 fully saturated rings. The molecule has 188 valence electrons. The van der Waals surface area contributed by atoms with Crippen LogP contribution in [0.1, 0.15) is 37.5 Å². The maximum Gasteiger partial charge on any atom is 0.419 e. The second kappa shape index (κ2) is 10.4. The van der Waals surface area contributed by atoms with E-state index in [9.17, 15) is 10.1 Å². The molecule has 0 amide bonds. The summed E-state index contributed by atoms with van der Waals surface area (Å²) in [6.45, 7) is 5.57. The summed E-state index contributed by atoms with van der Waals surface area (Å²) in [7, 11) is 0. The zero-order valence-corrected chi connectivity index (χ0v) is 21.8. The quantitative estimate of drug-likeness (QED) is 0.234. The highest BCUT2D eigenvalue weighted by atomic mass is 16.6. The molecule has 1 heterocycles. The highest BCUT2D eigenvalue weighted by Crippen LogP contribution is 2.31. The Morgan fingerprint density at radius 2 is 1.42 bits per heavy atom. The summed E-state index contributed by atoms with van der Waals surface area (Å²) in [4.78, 5) is 18.2. The summed E-state index contributed by atoms with van der Waals surface area (Å²) in [5, 5.41) is 12.0. The smallest absolute Gasteiger partial charge is 0.419 e. The van der Waals surface area contributed by atoms with Gasteiger partial charge in [0, 0.05) is 28.3 Å². The summed E-state index contributed by atoms with van der Waals surface area (Å²) in [6, 6.07) is 35.4. The van der Waals surface area contributed by atoms with Gasteiger partial charge in [0.15, 0.2) is 0 Å². The summed E-state index contributed by atoms with van der Waals surface area (Å²) in [6.07, 6.45) is -0.0167. The molecule has 0 aliphatic rings. The Hall–Kier alpha value is -4.69. The van der Waals surface area contributed by atoms with E-state index in [1.807, 2.05) is 124 Å². The van der Waals surface area contributed by atoms with Gasteiger partial charge in [-0.3, -0.25) is 4.99 Å². The Bertz CT molecular complexity index is 1630. The Kier molecular flexibility index (Phi) is 6.81. The van der Waals surface area contributed by atoms with E-state index in [1.54, 1.807) is 4.57 Å². The van der Waals surface area contributed by atoms with Crippen molar-refractivity contribution in [3.8, 4) is 6.07 Å². The summed E-state index contributed by atoms with van der Waals surface area (Å²) >= 11 is 0. The molecule has 38 heavy (non-hydrogen) atoms. The number of ether oxygens (including phenoxy) is 1. The first-order chi connectivity index (χ1) is 18.3. The number of fused-ring (bicyclic) bond motifs is 3. The van der Waals surface area contributed by atoms with Gasteiger partial charge in [0.05, 0.1) is 22.8 Å². The lowest BCUT2D eigenvalue weighted by atomic mass is 10.0. The van der Waals surface area contributed by atoms with Gasteiger partial charge in [-0.25, -0.2) is 9.36 Å². The third kappa shape index (κ3) is 5.21. The average Bonchev–Trinajstić information content (AvgIpc) is 3.25. The second-order valence-electron chi connectivity index (χ2n) is 10.2. The number of aromatic nitrogens is 1. The van der Waals surface area contributed by atoms with Gasteiger partial charge in [0.1, 0.15) is 11.6 Å². The van der Waals surface area contributed by atoms with Crippen LogP contribution in [-0.4, -0.2) is 28.0 Å². The fraction of sp³-hybridized carbons (Fsp3) is 0.182. The highest BCUT2D eigenvalue weighted by Gasteiger charge is 2.23. The van der Waals surface area contributed by atoms with Crippen LogP contribution in [0.3, 0.4) is 0 Å². The fourth-order valence-electron chi connectivity index (χ4n) is 4.65. The summed E-state index contributed by atoms with van der Waals surface area (Å²) < 4.78 is 7.37. The predicted molar refractivity (Wildman–Crippen MR) is 153 cm³/mol. The lowest BCUT2D eigenvalue weighted by Crippen LogP contribution is -2.27. The second-order valence-corrected chi connectivity index (χ2v) is 10.2. The van der Waals surface area contributed by atoms with E-state index < -0.39 is 17.7 Å². The molecule has 1 unspecified atom stereocenters. The molecule has 5 rings (SSSR count). The normalized spacial score (nSPS) is 12.2. The van der Waals surface area contributed by atoms with Crippen molar-refractivity contribution in [3.05, 3.63) is 120 Å². The minimum Gasteiger partial charge on any atom is -0.443 e. The van der Waals surface area contributed by atoms with Crippen LogP contribution < -0.4 is 0 Å². The molecule has 5 aromatic rings. The summed E-state index contributed by atoms with van der Waals surface area (Å²) in [5.41, 5.74) is 4.53. The van der Waals surface area contributed by atoms with E-state index >= 15 is 0 Å². The van der Waals surface area contributed by atoms with Crippen molar-refractivity contribution in [2.45, 2.75) is 38.8 Å². The van der Waals surface area contributed by atoms with E-state index in [0.717, 1.165) is 44.2 Å². The first kappa shape index (κ1) is 25.0. The van der Waals surface area contributed by atoms with Crippen molar-refractivity contribution in [2.75, 3.05) is 0 Å². The van der Waals surface area contributed by atoms with Gasteiger partial charge >= 0.3 is 6.09 Å². The number of nitrogens with zero attached hydrogens (tertiary/aromatic N) is 3. The maximum absolute atomic E-state index is 13.3. The van der Waals surface area contributed by atoms with Crippen LogP contribution in [0, 0.1) is 11.3 Å². The van der Waals surface area contributed by atoms with Gasteiger partial charge in [-0.05, 0) is 38.5 Å².